The summed E-state index contributed by atoms with van der Waals surface area (Å²) in [5.41, 5.74) is 4.73. The first kappa shape index (κ1) is 21.7. The highest BCUT2D eigenvalue weighted by Crippen LogP contribution is 2.33. The SMILES string of the molecule is C/C(=C\c1ccc(Cl)cc1)C(O)(Cc1cc(C)ccc1C)C(C)CN(C)C. The minimum Gasteiger partial charge on any atom is -0.385 e. The zero-order chi connectivity index (χ0) is 20.2. The fraction of sp³-hybridized carbons (Fsp3) is 0.417. The largest absolute Gasteiger partial charge is 0.385 e. The lowest BCUT2D eigenvalue weighted by Gasteiger charge is -2.37. The Morgan fingerprint density at radius 2 is 1.78 bits per heavy atom. The Bertz CT molecular complexity index is 795. The molecule has 27 heavy (non-hydrogen) atoms. The van der Waals surface area contributed by atoms with Crippen LogP contribution in [0.2, 0.25) is 5.02 Å². The van der Waals surface area contributed by atoms with Gasteiger partial charge in [-0.05, 0) is 69.3 Å². The van der Waals surface area contributed by atoms with Gasteiger partial charge in [0.05, 0.1) is 5.60 Å². The highest BCUT2D eigenvalue weighted by molar-refractivity contribution is 6.30. The molecular weight excluding hydrogens is 354 g/mol. The van der Waals surface area contributed by atoms with Crippen molar-refractivity contribution in [3.8, 4) is 0 Å². The van der Waals surface area contributed by atoms with E-state index in [1.54, 1.807) is 0 Å². The van der Waals surface area contributed by atoms with Gasteiger partial charge >= 0.3 is 0 Å². The number of rotatable bonds is 7. The molecule has 146 valence electrons. The molecule has 0 amide bonds. The fourth-order valence-corrected chi connectivity index (χ4v) is 3.74. The van der Waals surface area contributed by atoms with Gasteiger partial charge in [0.1, 0.15) is 0 Å². The van der Waals surface area contributed by atoms with Crippen molar-refractivity contribution in [2.24, 2.45) is 5.92 Å². The smallest absolute Gasteiger partial charge is 0.0935 e. The van der Waals surface area contributed by atoms with Crippen molar-refractivity contribution >= 4 is 17.7 Å². The Morgan fingerprint density at radius 3 is 2.37 bits per heavy atom. The van der Waals surface area contributed by atoms with Gasteiger partial charge in [0.25, 0.3) is 0 Å². The lowest BCUT2D eigenvalue weighted by molar-refractivity contribution is 0.0148. The summed E-state index contributed by atoms with van der Waals surface area (Å²) in [6.07, 6.45) is 2.68. The number of hydrogen-bond donors (Lipinski definition) is 1. The summed E-state index contributed by atoms with van der Waals surface area (Å²) in [5, 5.41) is 12.6. The molecule has 2 unspecified atom stereocenters. The lowest BCUT2D eigenvalue weighted by Crippen LogP contribution is -2.44. The van der Waals surface area contributed by atoms with E-state index < -0.39 is 5.60 Å². The van der Waals surface area contributed by atoms with E-state index in [2.05, 4.69) is 49.9 Å². The summed E-state index contributed by atoms with van der Waals surface area (Å²) in [6, 6.07) is 14.2. The molecule has 2 aromatic rings. The molecule has 0 fully saturated rings. The Labute approximate surface area is 169 Å². The number of nitrogens with zero attached hydrogens (tertiary/aromatic N) is 1. The first-order chi connectivity index (χ1) is 12.6. The minimum atomic E-state index is -0.928. The second-order valence-corrected chi connectivity index (χ2v) is 8.51. The lowest BCUT2D eigenvalue weighted by atomic mass is 9.76. The van der Waals surface area contributed by atoms with E-state index in [-0.39, 0.29) is 5.92 Å². The maximum Gasteiger partial charge on any atom is 0.0935 e. The van der Waals surface area contributed by atoms with Crippen LogP contribution in [-0.4, -0.2) is 36.2 Å². The first-order valence-corrected chi connectivity index (χ1v) is 9.87. The van der Waals surface area contributed by atoms with Crippen LogP contribution in [0.3, 0.4) is 0 Å². The van der Waals surface area contributed by atoms with Gasteiger partial charge < -0.3 is 10.0 Å². The second kappa shape index (κ2) is 9.05. The molecule has 0 saturated carbocycles. The number of aryl methyl sites for hydroxylation is 2. The molecule has 0 radical (unpaired) electrons. The van der Waals surface area contributed by atoms with Crippen LogP contribution in [0.5, 0.6) is 0 Å². The molecule has 0 aliphatic heterocycles. The van der Waals surface area contributed by atoms with Crippen molar-refractivity contribution in [3.05, 3.63) is 75.3 Å². The normalized spacial score (nSPS) is 15.7. The van der Waals surface area contributed by atoms with Crippen LogP contribution in [0.1, 0.15) is 36.1 Å². The molecule has 1 N–H and O–H groups in total. The third-order valence-corrected chi connectivity index (χ3v) is 5.61. The van der Waals surface area contributed by atoms with Gasteiger partial charge in [0.2, 0.25) is 0 Å². The average Bonchev–Trinajstić information content (AvgIpc) is 2.59. The van der Waals surface area contributed by atoms with Gasteiger partial charge in [-0.15, -0.1) is 0 Å². The zero-order valence-electron chi connectivity index (χ0n) is 17.4. The molecule has 0 aromatic heterocycles. The van der Waals surface area contributed by atoms with E-state index >= 15 is 0 Å². The maximum atomic E-state index is 11.9. The van der Waals surface area contributed by atoms with Crippen molar-refractivity contribution < 1.29 is 5.11 Å². The standard InChI is InChI=1S/C24H32ClNO/c1-17-7-8-18(2)22(13-17)15-24(27,20(4)16-26(5)6)19(3)14-21-9-11-23(25)12-10-21/h7-14,20,27H,15-16H2,1-6H3/b19-14+. The Morgan fingerprint density at radius 1 is 1.15 bits per heavy atom. The molecule has 0 aliphatic carbocycles. The van der Waals surface area contributed by atoms with Crippen LogP contribution in [0.4, 0.5) is 0 Å². The average molecular weight is 386 g/mol. The van der Waals surface area contributed by atoms with E-state index in [0.29, 0.717) is 6.42 Å². The van der Waals surface area contributed by atoms with Crippen LogP contribution in [0.25, 0.3) is 6.08 Å². The second-order valence-electron chi connectivity index (χ2n) is 8.07. The van der Waals surface area contributed by atoms with Crippen LogP contribution >= 0.6 is 11.6 Å². The van der Waals surface area contributed by atoms with E-state index in [1.165, 1.54) is 16.7 Å². The molecule has 2 nitrogen and oxygen atoms in total. The van der Waals surface area contributed by atoms with Crippen LogP contribution in [0, 0.1) is 19.8 Å². The molecule has 0 aliphatic rings. The van der Waals surface area contributed by atoms with Gasteiger partial charge in [-0.1, -0.05) is 60.5 Å². The third-order valence-electron chi connectivity index (χ3n) is 5.35. The van der Waals surface area contributed by atoms with Gasteiger partial charge in [-0.2, -0.15) is 0 Å². The topological polar surface area (TPSA) is 23.5 Å². The third kappa shape index (κ3) is 5.68. The molecular formula is C24H32ClNO. The maximum absolute atomic E-state index is 11.9. The van der Waals surface area contributed by atoms with Crippen molar-refractivity contribution in [2.75, 3.05) is 20.6 Å². The van der Waals surface area contributed by atoms with E-state index in [9.17, 15) is 5.11 Å². The molecule has 0 saturated heterocycles. The number of aliphatic hydroxyl groups is 1. The highest BCUT2D eigenvalue weighted by atomic mass is 35.5. The summed E-state index contributed by atoms with van der Waals surface area (Å²) in [7, 11) is 4.10. The fourth-order valence-electron chi connectivity index (χ4n) is 3.62. The summed E-state index contributed by atoms with van der Waals surface area (Å²) in [5.74, 6) is 0.0796. The van der Waals surface area contributed by atoms with Gasteiger partial charge in [0.15, 0.2) is 0 Å². The summed E-state index contributed by atoms with van der Waals surface area (Å²) in [4.78, 5) is 2.13. The van der Waals surface area contributed by atoms with E-state index in [0.717, 1.165) is 22.7 Å². The number of benzene rings is 2. The number of hydrogen-bond acceptors (Lipinski definition) is 2. The minimum absolute atomic E-state index is 0.0796. The van der Waals surface area contributed by atoms with Gasteiger partial charge in [-0.3, -0.25) is 0 Å². The summed E-state index contributed by atoms with van der Waals surface area (Å²) < 4.78 is 0. The number of halogens is 1. The molecule has 0 heterocycles. The summed E-state index contributed by atoms with van der Waals surface area (Å²) >= 11 is 6.01. The van der Waals surface area contributed by atoms with E-state index in [4.69, 9.17) is 11.6 Å². The Hall–Kier alpha value is -1.61. The van der Waals surface area contributed by atoms with Crippen molar-refractivity contribution in [3.63, 3.8) is 0 Å². The molecule has 2 atom stereocenters. The zero-order valence-corrected chi connectivity index (χ0v) is 18.1. The van der Waals surface area contributed by atoms with Crippen molar-refractivity contribution in [1.82, 2.24) is 4.90 Å². The van der Waals surface area contributed by atoms with Crippen LogP contribution < -0.4 is 0 Å². The van der Waals surface area contributed by atoms with Gasteiger partial charge in [-0.25, -0.2) is 0 Å². The molecule has 3 heteroatoms. The predicted octanol–water partition coefficient (Wildman–Crippen LogP) is 5.53. The predicted molar refractivity (Wildman–Crippen MR) is 117 cm³/mol. The van der Waals surface area contributed by atoms with Gasteiger partial charge in [0, 0.05) is 23.9 Å². The quantitative estimate of drug-likeness (QED) is 0.677. The molecule has 0 bridgehead atoms. The molecule has 0 spiro atoms. The van der Waals surface area contributed by atoms with Crippen molar-refractivity contribution in [1.29, 1.82) is 0 Å². The van der Waals surface area contributed by atoms with Crippen molar-refractivity contribution in [2.45, 2.75) is 39.7 Å². The Kier molecular flexibility index (Phi) is 7.27. The molecule has 2 aromatic carbocycles. The van der Waals surface area contributed by atoms with Crippen LogP contribution in [0.15, 0.2) is 48.0 Å². The van der Waals surface area contributed by atoms with E-state index in [1.807, 2.05) is 45.3 Å². The molecule has 2 rings (SSSR count). The monoisotopic (exact) mass is 385 g/mol. The summed E-state index contributed by atoms with van der Waals surface area (Å²) in [6.45, 7) is 9.19. The Balaban J connectivity index is 2.45. The van der Waals surface area contributed by atoms with Crippen LogP contribution in [-0.2, 0) is 6.42 Å². The highest BCUT2D eigenvalue weighted by Gasteiger charge is 2.36. The first-order valence-electron chi connectivity index (χ1n) is 9.49.